The van der Waals surface area contributed by atoms with Gasteiger partial charge in [-0.1, -0.05) is 0 Å². The summed E-state index contributed by atoms with van der Waals surface area (Å²) in [5.74, 6) is 3.10. The quantitative estimate of drug-likeness (QED) is 0.945. The van der Waals surface area contributed by atoms with Crippen LogP contribution in [0.15, 0.2) is 24.5 Å². The molecule has 0 spiro atoms. The van der Waals surface area contributed by atoms with Crippen molar-refractivity contribution >= 4 is 23.1 Å². The molecule has 1 atom stereocenters. The third-order valence-electron chi connectivity index (χ3n) is 3.28. The predicted octanol–water partition coefficient (Wildman–Crippen LogP) is 2.99. The second-order valence-electron chi connectivity index (χ2n) is 4.54. The number of methoxy groups -OCH3 is 1. The average molecular weight is 292 g/mol. The smallest absolute Gasteiger partial charge is 0.137 e. The lowest BCUT2D eigenvalue weighted by molar-refractivity contribution is 0.412. The number of nitrogens with two attached hydrogens (primary N) is 1. The number of aromatic nitrogens is 1. The Morgan fingerprint density at radius 1 is 1.37 bits per heavy atom. The van der Waals surface area contributed by atoms with Gasteiger partial charge in [-0.2, -0.15) is 11.8 Å². The molecule has 0 bridgehead atoms. The molecule has 0 saturated heterocycles. The van der Waals surface area contributed by atoms with E-state index in [-0.39, 0.29) is 6.04 Å². The molecule has 2 aromatic heterocycles. The van der Waals surface area contributed by atoms with Gasteiger partial charge in [-0.3, -0.25) is 4.98 Å². The monoisotopic (exact) mass is 292 g/mol. The van der Waals surface area contributed by atoms with Crippen LogP contribution in [0.5, 0.6) is 5.75 Å². The number of thioether (sulfide) groups is 1. The molecule has 0 amide bonds. The zero-order valence-electron chi connectivity index (χ0n) is 10.8. The normalized spacial score (nSPS) is 15.9. The van der Waals surface area contributed by atoms with Crippen molar-refractivity contribution in [2.24, 2.45) is 5.73 Å². The van der Waals surface area contributed by atoms with Gasteiger partial charge in [-0.25, -0.2) is 0 Å². The van der Waals surface area contributed by atoms with Gasteiger partial charge in [-0.05, 0) is 35.4 Å². The van der Waals surface area contributed by atoms with Crippen LogP contribution in [0.2, 0.25) is 0 Å². The molecule has 3 heterocycles. The van der Waals surface area contributed by atoms with E-state index in [1.165, 1.54) is 27.5 Å². The van der Waals surface area contributed by atoms with E-state index < -0.39 is 0 Å². The van der Waals surface area contributed by atoms with Crippen molar-refractivity contribution in [2.75, 3.05) is 12.9 Å². The van der Waals surface area contributed by atoms with Crippen molar-refractivity contribution in [1.82, 2.24) is 4.98 Å². The van der Waals surface area contributed by atoms with Gasteiger partial charge in [0.15, 0.2) is 0 Å². The van der Waals surface area contributed by atoms with Crippen LogP contribution in [0.1, 0.15) is 26.9 Å². The maximum atomic E-state index is 6.36. The first kappa shape index (κ1) is 13.0. The van der Waals surface area contributed by atoms with Crippen LogP contribution in [-0.4, -0.2) is 17.8 Å². The molecule has 1 aliphatic heterocycles. The van der Waals surface area contributed by atoms with Gasteiger partial charge >= 0.3 is 0 Å². The van der Waals surface area contributed by atoms with Gasteiger partial charge in [-0.15, -0.1) is 11.3 Å². The molecule has 19 heavy (non-hydrogen) atoms. The van der Waals surface area contributed by atoms with Gasteiger partial charge in [0.05, 0.1) is 19.3 Å². The van der Waals surface area contributed by atoms with Gasteiger partial charge in [0, 0.05) is 21.7 Å². The number of fused-ring (bicyclic) bond motifs is 1. The van der Waals surface area contributed by atoms with E-state index in [4.69, 9.17) is 10.5 Å². The molecule has 1 unspecified atom stereocenters. The van der Waals surface area contributed by atoms with Crippen LogP contribution in [0.4, 0.5) is 0 Å². The Labute approximate surface area is 121 Å². The molecule has 0 aromatic carbocycles. The average Bonchev–Trinajstić information content (AvgIpc) is 2.90. The van der Waals surface area contributed by atoms with Crippen molar-refractivity contribution in [3.8, 4) is 5.75 Å². The molecule has 0 saturated carbocycles. The first-order valence-electron chi connectivity index (χ1n) is 6.21. The van der Waals surface area contributed by atoms with Crippen LogP contribution >= 0.6 is 23.1 Å². The van der Waals surface area contributed by atoms with Crippen molar-refractivity contribution < 1.29 is 4.74 Å². The second kappa shape index (κ2) is 5.53. The maximum Gasteiger partial charge on any atom is 0.137 e. The highest BCUT2D eigenvalue weighted by atomic mass is 32.2. The Morgan fingerprint density at radius 3 is 3.05 bits per heavy atom. The van der Waals surface area contributed by atoms with Crippen LogP contribution < -0.4 is 10.5 Å². The molecular formula is C14H16N2OS2. The maximum absolute atomic E-state index is 6.36. The molecule has 0 fully saturated rings. The van der Waals surface area contributed by atoms with E-state index in [1.807, 2.05) is 35.4 Å². The zero-order valence-corrected chi connectivity index (χ0v) is 12.4. The van der Waals surface area contributed by atoms with Crippen LogP contribution in [0, 0.1) is 0 Å². The number of hydrogen-bond donors (Lipinski definition) is 1. The Morgan fingerprint density at radius 2 is 2.26 bits per heavy atom. The summed E-state index contributed by atoms with van der Waals surface area (Å²) in [6.45, 7) is 0. The topological polar surface area (TPSA) is 48.1 Å². The molecule has 0 radical (unpaired) electrons. The fourth-order valence-corrected chi connectivity index (χ4v) is 4.61. The van der Waals surface area contributed by atoms with Gasteiger partial charge in [0.25, 0.3) is 0 Å². The highest BCUT2D eigenvalue weighted by molar-refractivity contribution is 7.98. The Kier molecular flexibility index (Phi) is 3.77. The van der Waals surface area contributed by atoms with Gasteiger partial charge < -0.3 is 10.5 Å². The molecule has 3 nitrogen and oxygen atoms in total. The van der Waals surface area contributed by atoms with E-state index in [0.29, 0.717) is 0 Å². The van der Waals surface area contributed by atoms with Crippen molar-refractivity contribution in [3.05, 3.63) is 45.4 Å². The number of pyridine rings is 1. The molecule has 2 N–H and O–H groups in total. The van der Waals surface area contributed by atoms with Gasteiger partial charge in [0.1, 0.15) is 5.75 Å². The summed E-state index contributed by atoms with van der Waals surface area (Å²) in [7, 11) is 1.65. The van der Waals surface area contributed by atoms with E-state index in [2.05, 4.69) is 11.1 Å². The van der Waals surface area contributed by atoms with Crippen LogP contribution in [0.3, 0.4) is 0 Å². The number of hydrogen-bond acceptors (Lipinski definition) is 5. The minimum Gasteiger partial charge on any atom is -0.495 e. The van der Waals surface area contributed by atoms with Crippen molar-refractivity contribution in [2.45, 2.75) is 18.2 Å². The Balaban J connectivity index is 1.90. The molecule has 2 aromatic rings. The second-order valence-corrected chi connectivity index (χ2v) is 6.81. The summed E-state index contributed by atoms with van der Waals surface area (Å²) >= 11 is 3.84. The summed E-state index contributed by atoms with van der Waals surface area (Å²) in [5.41, 5.74) is 8.83. The molecule has 5 heteroatoms. The highest BCUT2D eigenvalue weighted by Crippen LogP contribution is 2.35. The highest BCUT2D eigenvalue weighted by Gasteiger charge is 2.18. The van der Waals surface area contributed by atoms with Crippen molar-refractivity contribution in [1.29, 1.82) is 0 Å². The summed E-state index contributed by atoms with van der Waals surface area (Å²) in [6, 6.07) is 4.12. The lowest BCUT2D eigenvalue weighted by atomic mass is 10.1. The minimum atomic E-state index is -0.108. The molecule has 3 rings (SSSR count). The van der Waals surface area contributed by atoms with Crippen molar-refractivity contribution in [3.63, 3.8) is 0 Å². The number of nitrogens with zero attached hydrogens (tertiary/aromatic N) is 1. The Hall–Kier alpha value is -1.04. The third-order valence-corrected chi connectivity index (χ3v) is 5.61. The lowest BCUT2D eigenvalue weighted by Gasteiger charge is -2.10. The number of rotatable bonds is 3. The lowest BCUT2D eigenvalue weighted by Crippen LogP contribution is -2.10. The van der Waals surface area contributed by atoms with E-state index in [0.717, 1.165) is 17.1 Å². The largest absolute Gasteiger partial charge is 0.495 e. The first-order valence-corrected chi connectivity index (χ1v) is 8.19. The van der Waals surface area contributed by atoms with Crippen LogP contribution in [-0.2, 0) is 12.2 Å². The summed E-state index contributed by atoms with van der Waals surface area (Å²) in [6.07, 6.45) is 4.70. The van der Waals surface area contributed by atoms with Crippen LogP contribution in [0.25, 0.3) is 0 Å². The standard InChI is InChI=1S/C14H16N2OS2/c1-17-11-4-9(6-16-7-11)14(15)13-5-10-8-18-3-2-12(10)19-13/h4-7,14H,2-3,8,15H2,1H3. The SMILES string of the molecule is COc1cncc(C(N)c2cc3c(s2)CCSC3)c1. The van der Waals surface area contributed by atoms with E-state index >= 15 is 0 Å². The van der Waals surface area contributed by atoms with E-state index in [1.54, 1.807) is 13.3 Å². The number of thiophene rings is 1. The predicted molar refractivity (Wildman–Crippen MR) is 81.0 cm³/mol. The summed E-state index contributed by atoms with van der Waals surface area (Å²) < 4.78 is 5.20. The fraction of sp³-hybridized carbons (Fsp3) is 0.357. The molecule has 1 aliphatic rings. The molecular weight excluding hydrogens is 276 g/mol. The molecule has 100 valence electrons. The minimum absolute atomic E-state index is 0.108. The first-order chi connectivity index (χ1) is 9.28. The van der Waals surface area contributed by atoms with Gasteiger partial charge in [0.2, 0.25) is 0 Å². The zero-order chi connectivity index (χ0) is 13.2. The number of ether oxygens (including phenoxy) is 1. The summed E-state index contributed by atoms with van der Waals surface area (Å²) in [4.78, 5) is 6.90. The number of aryl methyl sites for hydroxylation is 1. The molecule has 0 aliphatic carbocycles. The van der Waals surface area contributed by atoms with E-state index in [9.17, 15) is 0 Å². The Bertz CT molecular complexity index is 559. The fourth-order valence-electron chi connectivity index (χ4n) is 2.21. The third kappa shape index (κ3) is 2.63. The summed E-state index contributed by atoms with van der Waals surface area (Å²) in [5, 5.41) is 0.